The molecule has 0 unspecified atom stereocenters. The lowest BCUT2D eigenvalue weighted by Gasteiger charge is -2.14. The van der Waals surface area contributed by atoms with E-state index in [2.05, 4.69) is 4.72 Å². The van der Waals surface area contributed by atoms with Gasteiger partial charge in [0.2, 0.25) is 10.0 Å². The minimum Gasteiger partial charge on any atom is -0.258 e. The first-order valence-electron chi connectivity index (χ1n) is 7.20. The fraction of sp³-hybridized carbons (Fsp3) is 0.250. The lowest BCUT2D eigenvalue weighted by Crippen LogP contribution is -2.33. The summed E-state index contributed by atoms with van der Waals surface area (Å²) in [5.74, 6) is 0. The maximum Gasteiger partial charge on any atom is 0.289 e. The molecule has 122 valence electrons. The van der Waals surface area contributed by atoms with Crippen LogP contribution >= 0.6 is 0 Å². The SMILES string of the molecule is C[C@@H](CCc1ccccc1)NS(=O)(=O)c1ccccc1[N+](=O)[O-]. The van der Waals surface area contributed by atoms with Crippen LogP contribution in [-0.4, -0.2) is 19.4 Å². The minimum atomic E-state index is -3.93. The average Bonchev–Trinajstić information content (AvgIpc) is 2.53. The van der Waals surface area contributed by atoms with Gasteiger partial charge in [-0.2, -0.15) is 0 Å². The van der Waals surface area contributed by atoms with Crippen molar-refractivity contribution in [1.82, 2.24) is 4.72 Å². The highest BCUT2D eigenvalue weighted by Gasteiger charge is 2.26. The molecule has 1 N–H and O–H groups in total. The van der Waals surface area contributed by atoms with Crippen molar-refractivity contribution in [3.8, 4) is 0 Å². The number of hydrogen-bond acceptors (Lipinski definition) is 4. The van der Waals surface area contributed by atoms with Gasteiger partial charge in [0.1, 0.15) is 0 Å². The lowest BCUT2D eigenvalue weighted by atomic mass is 10.1. The van der Waals surface area contributed by atoms with Crippen LogP contribution < -0.4 is 4.72 Å². The minimum absolute atomic E-state index is 0.309. The molecule has 2 rings (SSSR count). The van der Waals surface area contributed by atoms with Crippen molar-refractivity contribution < 1.29 is 13.3 Å². The topological polar surface area (TPSA) is 89.3 Å². The van der Waals surface area contributed by atoms with Gasteiger partial charge in [0.05, 0.1) is 4.92 Å². The van der Waals surface area contributed by atoms with Crippen molar-refractivity contribution in [2.45, 2.75) is 30.7 Å². The van der Waals surface area contributed by atoms with Gasteiger partial charge in [0.15, 0.2) is 4.90 Å². The van der Waals surface area contributed by atoms with Gasteiger partial charge in [0.25, 0.3) is 5.69 Å². The van der Waals surface area contributed by atoms with Gasteiger partial charge in [0, 0.05) is 12.1 Å². The van der Waals surface area contributed by atoms with Crippen LogP contribution in [0.4, 0.5) is 5.69 Å². The molecule has 1 atom stereocenters. The Morgan fingerprint density at radius 3 is 2.35 bits per heavy atom. The number of nitrogens with zero attached hydrogens (tertiary/aromatic N) is 1. The maximum absolute atomic E-state index is 12.4. The molecule has 2 aromatic rings. The third-order valence-electron chi connectivity index (χ3n) is 3.42. The number of sulfonamides is 1. The van der Waals surface area contributed by atoms with E-state index in [1.165, 1.54) is 24.3 Å². The molecule has 0 aliphatic rings. The van der Waals surface area contributed by atoms with Gasteiger partial charge in [-0.3, -0.25) is 10.1 Å². The molecule has 23 heavy (non-hydrogen) atoms. The summed E-state index contributed by atoms with van der Waals surface area (Å²) in [5.41, 5.74) is 0.694. The Morgan fingerprint density at radius 1 is 1.09 bits per heavy atom. The summed E-state index contributed by atoms with van der Waals surface area (Å²) in [7, 11) is -3.93. The molecule has 0 saturated carbocycles. The van der Waals surface area contributed by atoms with Crippen LogP contribution in [0.25, 0.3) is 0 Å². The highest BCUT2D eigenvalue weighted by atomic mass is 32.2. The zero-order valence-corrected chi connectivity index (χ0v) is 13.5. The van der Waals surface area contributed by atoms with Crippen LogP contribution in [0, 0.1) is 10.1 Å². The second-order valence-electron chi connectivity index (χ2n) is 5.27. The van der Waals surface area contributed by atoms with Gasteiger partial charge in [-0.15, -0.1) is 0 Å². The van der Waals surface area contributed by atoms with E-state index in [0.717, 1.165) is 12.0 Å². The van der Waals surface area contributed by atoms with Crippen LogP contribution in [-0.2, 0) is 16.4 Å². The summed E-state index contributed by atoms with van der Waals surface area (Å²) >= 11 is 0. The average molecular weight is 334 g/mol. The fourth-order valence-corrected chi connectivity index (χ4v) is 3.70. The highest BCUT2D eigenvalue weighted by molar-refractivity contribution is 7.89. The lowest BCUT2D eigenvalue weighted by molar-refractivity contribution is -0.387. The van der Waals surface area contributed by atoms with Crippen molar-refractivity contribution in [3.63, 3.8) is 0 Å². The molecule has 0 saturated heterocycles. The van der Waals surface area contributed by atoms with E-state index in [-0.39, 0.29) is 10.9 Å². The Balaban J connectivity index is 2.08. The van der Waals surface area contributed by atoms with Gasteiger partial charge in [-0.05, 0) is 31.4 Å². The Labute approximate surface area is 135 Å². The molecular formula is C16H18N2O4S. The molecule has 0 amide bonds. The highest BCUT2D eigenvalue weighted by Crippen LogP contribution is 2.23. The van der Waals surface area contributed by atoms with Crippen molar-refractivity contribution in [3.05, 3.63) is 70.3 Å². The third-order valence-corrected chi connectivity index (χ3v) is 5.05. The van der Waals surface area contributed by atoms with Crippen molar-refractivity contribution in [1.29, 1.82) is 0 Å². The van der Waals surface area contributed by atoms with Crippen molar-refractivity contribution >= 4 is 15.7 Å². The van der Waals surface area contributed by atoms with E-state index in [1.54, 1.807) is 6.92 Å². The van der Waals surface area contributed by atoms with E-state index >= 15 is 0 Å². The van der Waals surface area contributed by atoms with E-state index < -0.39 is 20.6 Å². The first-order chi connectivity index (χ1) is 10.9. The molecule has 2 aromatic carbocycles. The number of para-hydroxylation sites is 1. The van der Waals surface area contributed by atoms with Crippen molar-refractivity contribution in [2.24, 2.45) is 0 Å². The van der Waals surface area contributed by atoms with Gasteiger partial charge in [-0.1, -0.05) is 42.5 Å². The zero-order valence-electron chi connectivity index (χ0n) is 12.7. The number of benzene rings is 2. The summed E-state index contributed by atoms with van der Waals surface area (Å²) in [6, 6.07) is 14.7. The fourth-order valence-electron chi connectivity index (χ4n) is 2.25. The smallest absolute Gasteiger partial charge is 0.258 e. The molecule has 0 spiro atoms. The van der Waals surface area contributed by atoms with Crippen LogP contribution in [0.1, 0.15) is 18.9 Å². The summed E-state index contributed by atoms with van der Waals surface area (Å²) in [6.45, 7) is 1.75. The molecular weight excluding hydrogens is 316 g/mol. The van der Waals surface area contributed by atoms with E-state index in [1.807, 2.05) is 30.3 Å². The number of rotatable bonds is 7. The number of nitro groups is 1. The van der Waals surface area contributed by atoms with Crippen LogP contribution in [0.2, 0.25) is 0 Å². The summed E-state index contributed by atoms with van der Waals surface area (Å²) in [4.78, 5) is 9.98. The van der Waals surface area contributed by atoms with Crippen LogP contribution in [0.5, 0.6) is 0 Å². The molecule has 0 radical (unpaired) electrons. The second kappa shape index (κ2) is 7.34. The van der Waals surface area contributed by atoms with Crippen LogP contribution in [0.15, 0.2) is 59.5 Å². The molecule has 0 aliphatic heterocycles. The summed E-state index contributed by atoms with van der Waals surface area (Å²) in [5, 5.41) is 11.0. The molecule has 0 aliphatic carbocycles. The van der Waals surface area contributed by atoms with Gasteiger partial charge >= 0.3 is 0 Å². The monoisotopic (exact) mass is 334 g/mol. The number of nitrogens with one attached hydrogen (secondary N) is 1. The standard InChI is InChI=1S/C16H18N2O4S/c1-13(11-12-14-7-3-2-4-8-14)17-23(21,22)16-10-6-5-9-15(16)18(19)20/h2-10,13,17H,11-12H2,1H3/t13-/m0/s1. The Bertz CT molecular complexity index is 776. The zero-order chi connectivity index (χ0) is 16.9. The van der Waals surface area contributed by atoms with E-state index in [4.69, 9.17) is 0 Å². The Kier molecular flexibility index (Phi) is 5.46. The molecule has 0 aromatic heterocycles. The summed E-state index contributed by atoms with van der Waals surface area (Å²) in [6.07, 6.45) is 1.32. The first kappa shape index (κ1) is 17.1. The molecule has 6 nitrogen and oxygen atoms in total. The number of nitro benzene ring substituents is 1. The van der Waals surface area contributed by atoms with Gasteiger partial charge < -0.3 is 0 Å². The van der Waals surface area contributed by atoms with E-state index in [0.29, 0.717) is 6.42 Å². The number of aryl methyl sites for hydroxylation is 1. The predicted octanol–water partition coefficient (Wildman–Crippen LogP) is 2.89. The third kappa shape index (κ3) is 4.61. The Hall–Kier alpha value is -2.25. The second-order valence-corrected chi connectivity index (χ2v) is 6.95. The first-order valence-corrected chi connectivity index (χ1v) is 8.68. The van der Waals surface area contributed by atoms with Crippen LogP contribution in [0.3, 0.4) is 0 Å². The Morgan fingerprint density at radius 2 is 1.70 bits per heavy atom. The van der Waals surface area contributed by atoms with E-state index in [9.17, 15) is 18.5 Å². The molecule has 0 bridgehead atoms. The largest absolute Gasteiger partial charge is 0.289 e. The normalized spacial score (nSPS) is 12.7. The molecule has 0 heterocycles. The van der Waals surface area contributed by atoms with Crippen molar-refractivity contribution in [2.75, 3.05) is 0 Å². The predicted molar refractivity (Wildman–Crippen MR) is 87.6 cm³/mol. The molecule has 0 fully saturated rings. The summed E-state index contributed by atoms with van der Waals surface area (Å²) < 4.78 is 27.2. The quantitative estimate of drug-likeness (QED) is 0.623. The maximum atomic E-state index is 12.4. The van der Waals surface area contributed by atoms with Gasteiger partial charge in [-0.25, -0.2) is 13.1 Å². The number of hydrogen-bond donors (Lipinski definition) is 1. The molecule has 7 heteroatoms.